The highest BCUT2D eigenvalue weighted by molar-refractivity contribution is 9.10. The molecule has 0 aliphatic carbocycles. The van der Waals surface area contributed by atoms with E-state index in [-0.39, 0.29) is 0 Å². The van der Waals surface area contributed by atoms with Crippen molar-refractivity contribution >= 4 is 21.9 Å². The van der Waals surface area contributed by atoms with Crippen molar-refractivity contribution in [3.63, 3.8) is 0 Å². The molecular weight excluding hydrogens is 264 g/mol. The molecule has 5 heteroatoms. The Bertz CT molecular complexity index is 353. The topological polar surface area (TPSA) is 66.8 Å². The maximum absolute atomic E-state index is 11.0. The van der Waals surface area contributed by atoms with Gasteiger partial charge in [-0.05, 0) is 17.7 Å². The lowest BCUT2D eigenvalue weighted by Gasteiger charge is -2.15. The number of benzene rings is 1. The van der Waals surface area contributed by atoms with Crippen molar-refractivity contribution in [2.45, 2.75) is 12.2 Å². The van der Waals surface area contributed by atoms with Crippen LogP contribution in [0.1, 0.15) is 11.7 Å². The Morgan fingerprint density at radius 3 is 2.67 bits per heavy atom. The van der Waals surface area contributed by atoms with E-state index < -0.39 is 18.2 Å². The molecule has 0 fully saturated rings. The van der Waals surface area contributed by atoms with Crippen molar-refractivity contribution in [3.05, 3.63) is 34.3 Å². The Balaban J connectivity index is 2.84. The van der Waals surface area contributed by atoms with E-state index >= 15 is 0 Å². The van der Waals surface area contributed by atoms with Crippen molar-refractivity contribution in [2.75, 3.05) is 7.11 Å². The van der Waals surface area contributed by atoms with Crippen molar-refractivity contribution in [1.82, 2.24) is 0 Å². The van der Waals surface area contributed by atoms with E-state index in [2.05, 4.69) is 20.7 Å². The third-order valence-corrected chi connectivity index (χ3v) is 2.43. The van der Waals surface area contributed by atoms with Gasteiger partial charge in [0, 0.05) is 4.47 Å². The van der Waals surface area contributed by atoms with Crippen LogP contribution in [0.25, 0.3) is 0 Å². The first-order valence-electron chi connectivity index (χ1n) is 4.25. The van der Waals surface area contributed by atoms with Crippen LogP contribution < -0.4 is 0 Å². The van der Waals surface area contributed by atoms with Gasteiger partial charge in [0.25, 0.3) is 0 Å². The molecule has 0 saturated carbocycles. The SMILES string of the molecule is COC(=O)C(O)C(O)c1cccc(Br)c1. The molecule has 0 bridgehead atoms. The molecule has 2 N–H and O–H groups in total. The van der Waals surface area contributed by atoms with Crippen molar-refractivity contribution in [2.24, 2.45) is 0 Å². The van der Waals surface area contributed by atoms with E-state index in [1.165, 1.54) is 0 Å². The summed E-state index contributed by atoms with van der Waals surface area (Å²) < 4.78 is 5.08. The van der Waals surface area contributed by atoms with Gasteiger partial charge in [-0.25, -0.2) is 4.79 Å². The molecule has 0 spiro atoms. The molecular formula is C10H11BrO4. The predicted molar refractivity (Wildman–Crippen MR) is 57.1 cm³/mol. The molecule has 0 amide bonds. The van der Waals surface area contributed by atoms with Gasteiger partial charge in [0.2, 0.25) is 0 Å². The number of hydrogen-bond acceptors (Lipinski definition) is 4. The summed E-state index contributed by atoms with van der Waals surface area (Å²) in [5.74, 6) is -0.859. The molecule has 2 unspecified atom stereocenters. The predicted octanol–water partition coefficient (Wildman–Crippen LogP) is 1.02. The second-order valence-corrected chi connectivity index (χ2v) is 3.88. The van der Waals surface area contributed by atoms with Gasteiger partial charge >= 0.3 is 5.97 Å². The van der Waals surface area contributed by atoms with Crippen LogP contribution in [0.2, 0.25) is 0 Å². The summed E-state index contributed by atoms with van der Waals surface area (Å²) in [5.41, 5.74) is 0.447. The molecule has 0 saturated heterocycles. The summed E-state index contributed by atoms with van der Waals surface area (Å²) in [6.45, 7) is 0. The van der Waals surface area contributed by atoms with Crippen LogP contribution in [-0.4, -0.2) is 29.4 Å². The van der Waals surface area contributed by atoms with Gasteiger partial charge in [-0.1, -0.05) is 28.1 Å². The number of carbonyl (C=O) groups is 1. The number of ether oxygens (including phenoxy) is 1. The third-order valence-electron chi connectivity index (χ3n) is 1.93. The second-order valence-electron chi connectivity index (χ2n) is 2.97. The highest BCUT2D eigenvalue weighted by Crippen LogP contribution is 2.21. The van der Waals surface area contributed by atoms with Crippen LogP contribution in [0, 0.1) is 0 Å². The van der Waals surface area contributed by atoms with Crippen LogP contribution in [0.15, 0.2) is 28.7 Å². The summed E-state index contributed by atoms with van der Waals surface area (Å²) in [6, 6.07) is 6.71. The Hall–Kier alpha value is -0.910. The molecule has 15 heavy (non-hydrogen) atoms. The maximum Gasteiger partial charge on any atom is 0.337 e. The first kappa shape index (κ1) is 12.2. The van der Waals surface area contributed by atoms with Gasteiger partial charge < -0.3 is 14.9 Å². The Kier molecular flexibility index (Phi) is 4.26. The molecule has 2 atom stereocenters. The fourth-order valence-corrected chi connectivity index (χ4v) is 1.54. The van der Waals surface area contributed by atoms with Gasteiger partial charge in [-0.15, -0.1) is 0 Å². The lowest BCUT2D eigenvalue weighted by atomic mass is 10.0. The number of rotatable bonds is 3. The van der Waals surface area contributed by atoms with Crippen LogP contribution in [0.4, 0.5) is 0 Å². The van der Waals surface area contributed by atoms with Gasteiger partial charge in [0.05, 0.1) is 7.11 Å². The zero-order valence-electron chi connectivity index (χ0n) is 8.05. The van der Waals surface area contributed by atoms with Crippen LogP contribution >= 0.6 is 15.9 Å². The fourth-order valence-electron chi connectivity index (χ4n) is 1.12. The number of hydrogen-bond donors (Lipinski definition) is 2. The molecule has 0 aliphatic heterocycles. The second kappa shape index (κ2) is 5.25. The minimum Gasteiger partial charge on any atom is -0.467 e. The number of esters is 1. The van der Waals surface area contributed by atoms with Gasteiger partial charge in [-0.2, -0.15) is 0 Å². The zero-order valence-corrected chi connectivity index (χ0v) is 9.64. The minimum atomic E-state index is -1.57. The number of aliphatic hydroxyl groups excluding tert-OH is 2. The summed E-state index contributed by atoms with van der Waals surface area (Å²) in [4.78, 5) is 11.0. The highest BCUT2D eigenvalue weighted by Gasteiger charge is 2.26. The highest BCUT2D eigenvalue weighted by atomic mass is 79.9. The Morgan fingerprint density at radius 1 is 1.47 bits per heavy atom. The summed E-state index contributed by atoms with van der Waals surface area (Å²) in [7, 11) is 1.15. The van der Waals surface area contributed by atoms with Gasteiger partial charge in [-0.3, -0.25) is 0 Å². The van der Waals surface area contributed by atoms with Crippen LogP contribution in [0.3, 0.4) is 0 Å². The summed E-state index contributed by atoms with van der Waals surface area (Å²) >= 11 is 3.22. The molecule has 82 valence electrons. The van der Waals surface area contributed by atoms with E-state index in [0.717, 1.165) is 11.6 Å². The van der Waals surface area contributed by atoms with E-state index in [0.29, 0.717) is 5.56 Å². The van der Waals surface area contributed by atoms with E-state index in [1.54, 1.807) is 24.3 Å². The molecule has 1 rings (SSSR count). The fraction of sp³-hybridized carbons (Fsp3) is 0.300. The lowest BCUT2D eigenvalue weighted by molar-refractivity contribution is -0.156. The third kappa shape index (κ3) is 3.02. The van der Waals surface area contributed by atoms with E-state index in [1.807, 2.05) is 0 Å². The van der Waals surface area contributed by atoms with E-state index in [4.69, 9.17) is 0 Å². The molecule has 4 nitrogen and oxygen atoms in total. The standard InChI is InChI=1S/C10H11BrO4/c1-15-10(14)9(13)8(12)6-3-2-4-7(11)5-6/h2-5,8-9,12-13H,1H3. The summed E-state index contributed by atoms with van der Waals surface area (Å²) in [6.07, 6.45) is -2.85. The molecule has 0 radical (unpaired) electrons. The number of methoxy groups -OCH3 is 1. The van der Waals surface area contributed by atoms with Crippen molar-refractivity contribution in [3.8, 4) is 0 Å². The number of carbonyl (C=O) groups excluding carboxylic acids is 1. The number of halogens is 1. The molecule has 0 aromatic heterocycles. The minimum absolute atomic E-state index is 0.447. The Labute approximate surface area is 95.6 Å². The average Bonchev–Trinajstić information content (AvgIpc) is 2.26. The van der Waals surface area contributed by atoms with Gasteiger partial charge in [0.15, 0.2) is 6.10 Å². The average molecular weight is 275 g/mol. The van der Waals surface area contributed by atoms with Crippen molar-refractivity contribution < 1.29 is 19.7 Å². The van der Waals surface area contributed by atoms with Gasteiger partial charge in [0.1, 0.15) is 6.10 Å². The zero-order chi connectivity index (χ0) is 11.4. The van der Waals surface area contributed by atoms with Crippen LogP contribution in [0.5, 0.6) is 0 Å². The van der Waals surface area contributed by atoms with E-state index in [9.17, 15) is 15.0 Å². The molecule has 0 aliphatic rings. The maximum atomic E-state index is 11.0. The normalized spacial score (nSPS) is 14.4. The largest absolute Gasteiger partial charge is 0.467 e. The molecule has 1 aromatic rings. The number of aliphatic hydroxyl groups is 2. The quantitative estimate of drug-likeness (QED) is 0.808. The smallest absolute Gasteiger partial charge is 0.337 e. The van der Waals surface area contributed by atoms with Crippen molar-refractivity contribution in [1.29, 1.82) is 0 Å². The molecule has 1 aromatic carbocycles. The summed E-state index contributed by atoms with van der Waals surface area (Å²) in [5, 5.41) is 19.0. The van der Waals surface area contributed by atoms with Crippen LogP contribution in [-0.2, 0) is 9.53 Å². The first-order valence-corrected chi connectivity index (χ1v) is 5.05. The Morgan fingerprint density at radius 2 is 2.13 bits per heavy atom. The molecule has 0 heterocycles. The first-order chi connectivity index (χ1) is 7.06. The monoisotopic (exact) mass is 274 g/mol. The lowest BCUT2D eigenvalue weighted by Crippen LogP contribution is -2.28.